The predicted molar refractivity (Wildman–Crippen MR) is 69.2 cm³/mol. The predicted octanol–water partition coefficient (Wildman–Crippen LogP) is 1.51. The topological polar surface area (TPSA) is 56.9 Å². The zero-order valence-corrected chi connectivity index (χ0v) is 10.1. The molecule has 0 aliphatic carbocycles. The van der Waals surface area contributed by atoms with E-state index in [1.165, 1.54) is 0 Å². The molecule has 4 nitrogen and oxygen atoms in total. The fourth-order valence-electron chi connectivity index (χ4n) is 1.64. The summed E-state index contributed by atoms with van der Waals surface area (Å²) in [5, 5.41) is 7.01. The fourth-order valence-corrected chi connectivity index (χ4v) is 1.64. The van der Waals surface area contributed by atoms with Gasteiger partial charge in [0.05, 0.1) is 0 Å². The molecule has 2 rings (SSSR count). The van der Waals surface area contributed by atoms with Gasteiger partial charge < -0.3 is 15.6 Å². The number of likely N-dealkylation sites (N-methyl/N-ethyl adjacent to an activating group) is 1. The molecule has 1 atom stereocenters. The summed E-state index contributed by atoms with van der Waals surface area (Å²) >= 11 is 0. The van der Waals surface area contributed by atoms with Crippen molar-refractivity contribution in [3.8, 4) is 0 Å². The number of carbonyl (C=O) groups is 1. The number of hydrogen-bond acceptors (Lipinski definition) is 2. The van der Waals surface area contributed by atoms with Crippen LogP contribution in [0.2, 0.25) is 0 Å². The minimum Gasteiger partial charge on any atom is -0.351 e. The Labute approximate surface area is 100 Å². The van der Waals surface area contributed by atoms with E-state index in [0.29, 0.717) is 12.2 Å². The summed E-state index contributed by atoms with van der Waals surface area (Å²) in [5.74, 6) is -0.0664. The maximum Gasteiger partial charge on any atom is 0.267 e. The van der Waals surface area contributed by atoms with Crippen molar-refractivity contribution >= 4 is 16.8 Å². The largest absolute Gasteiger partial charge is 0.351 e. The van der Waals surface area contributed by atoms with Gasteiger partial charge in [0, 0.05) is 23.5 Å². The molecule has 1 amide bonds. The Kier molecular flexibility index (Phi) is 3.44. The molecular weight excluding hydrogens is 214 g/mol. The Balaban J connectivity index is 2.08. The molecule has 0 aliphatic rings. The number of aromatic amines is 1. The molecule has 0 saturated carbocycles. The molecular formula is C13H17N3O. The lowest BCUT2D eigenvalue weighted by Crippen LogP contribution is -2.37. The highest BCUT2D eigenvalue weighted by Gasteiger charge is 2.09. The Bertz CT molecular complexity index is 485. The van der Waals surface area contributed by atoms with E-state index in [9.17, 15) is 4.79 Å². The first-order chi connectivity index (χ1) is 8.20. The molecule has 0 saturated heterocycles. The summed E-state index contributed by atoms with van der Waals surface area (Å²) in [6.45, 7) is 2.64. The smallest absolute Gasteiger partial charge is 0.267 e. The van der Waals surface area contributed by atoms with Gasteiger partial charge in [-0.15, -0.1) is 0 Å². The molecule has 1 aromatic heterocycles. The van der Waals surface area contributed by atoms with Gasteiger partial charge in [-0.05, 0) is 26.1 Å². The molecule has 1 unspecified atom stereocenters. The lowest BCUT2D eigenvalue weighted by atomic mass is 10.2. The van der Waals surface area contributed by atoms with Crippen molar-refractivity contribution in [2.75, 3.05) is 13.6 Å². The van der Waals surface area contributed by atoms with Crippen LogP contribution in [0.5, 0.6) is 0 Å². The zero-order valence-electron chi connectivity index (χ0n) is 10.1. The van der Waals surface area contributed by atoms with Crippen LogP contribution >= 0.6 is 0 Å². The first-order valence-corrected chi connectivity index (χ1v) is 5.74. The van der Waals surface area contributed by atoms with Crippen LogP contribution in [-0.4, -0.2) is 30.5 Å². The monoisotopic (exact) mass is 231 g/mol. The van der Waals surface area contributed by atoms with Gasteiger partial charge in [-0.2, -0.15) is 0 Å². The Morgan fingerprint density at radius 2 is 2.18 bits per heavy atom. The van der Waals surface area contributed by atoms with E-state index < -0.39 is 0 Å². The highest BCUT2D eigenvalue weighted by atomic mass is 16.1. The highest BCUT2D eigenvalue weighted by Crippen LogP contribution is 2.14. The van der Waals surface area contributed by atoms with Gasteiger partial charge in [-0.3, -0.25) is 4.79 Å². The quantitative estimate of drug-likeness (QED) is 0.747. The van der Waals surface area contributed by atoms with Crippen molar-refractivity contribution < 1.29 is 4.79 Å². The van der Waals surface area contributed by atoms with Gasteiger partial charge in [0.15, 0.2) is 0 Å². The van der Waals surface area contributed by atoms with Crippen LogP contribution in [0.25, 0.3) is 10.9 Å². The summed E-state index contributed by atoms with van der Waals surface area (Å²) in [6, 6.07) is 9.99. The van der Waals surface area contributed by atoms with Crippen LogP contribution < -0.4 is 10.6 Å². The zero-order chi connectivity index (χ0) is 12.3. The minimum atomic E-state index is -0.0664. The molecule has 0 bridgehead atoms. The third-order valence-corrected chi connectivity index (χ3v) is 2.84. The van der Waals surface area contributed by atoms with E-state index in [-0.39, 0.29) is 11.9 Å². The summed E-state index contributed by atoms with van der Waals surface area (Å²) < 4.78 is 0. The van der Waals surface area contributed by atoms with Crippen molar-refractivity contribution in [1.29, 1.82) is 0 Å². The Morgan fingerprint density at radius 3 is 2.88 bits per heavy atom. The fraction of sp³-hybridized carbons (Fsp3) is 0.308. The molecule has 2 aromatic rings. The maximum absolute atomic E-state index is 11.9. The minimum absolute atomic E-state index is 0.0664. The van der Waals surface area contributed by atoms with Crippen molar-refractivity contribution in [2.45, 2.75) is 13.0 Å². The number of aromatic nitrogens is 1. The number of para-hydroxylation sites is 1. The van der Waals surface area contributed by atoms with E-state index in [4.69, 9.17) is 0 Å². The standard InChI is InChI=1S/C13H17N3O/c1-9(14-2)8-15-13(17)12-7-10-5-3-4-6-11(10)16-12/h3-7,9,14,16H,8H2,1-2H3,(H,15,17). The third-order valence-electron chi connectivity index (χ3n) is 2.84. The van der Waals surface area contributed by atoms with Crippen LogP contribution in [0.4, 0.5) is 0 Å². The van der Waals surface area contributed by atoms with Crippen LogP contribution in [0, 0.1) is 0 Å². The summed E-state index contributed by atoms with van der Waals surface area (Å²) in [5.41, 5.74) is 1.59. The van der Waals surface area contributed by atoms with Crippen LogP contribution in [-0.2, 0) is 0 Å². The van der Waals surface area contributed by atoms with Crippen molar-refractivity contribution in [3.63, 3.8) is 0 Å². The molecule has 0 radical (unpaired) electrons. The van der Waals surface area contributed by atoms with Gasteiger partial charge in [-0.25, -0.2) is 0 Å². The molecule has 4 heteroatoms. The molecule has 17 heavy (non-hydrogen) atoms. The van der Waals surface area contributed by atoms with Gasteiger partial charge in [0.2, 0.25) is 0 Å². The van der Waals surface area contributed by atoms with E-state index >= 15 is 0 Å². The Morgan fingerprint density at radius 1 is 1.41 bits per heavy atom. The van der Waals surface area contributed by atoms with Crippen molar-refractivity contribution in [1.82, 2.24) is 15.6 Å². The average molecular weight is 231 g/mol. The van der Waals surface area contributed by atoms with Crippen LogP contribution in [0.15, 0.2) is 30.3 Å². The molecule has 0 spiro atoms. The van der Waals surface area contributed by atoms with Gasteiger partial charge in [0.25, 0.3) is 5.91 Å². The van der Waals surface area contributed by atoms with Gasteiger partial charge in [0.1, 0.15) is 5.69 Å². The number of H-pyrrole nitrogens is 1. The molecule has 90 valence electrons. The highest BCUT2D eigenvalue weighted by molar-refractivity contribution is 5.97. The molecule has 0 aliphatic heterocycles. The summed E-state index contributed by atoms with van der Waals surface area (Å²) in [6.07, 6.45) is 0. The number of amides is 1. The van der Waals surface area contributed by atoms with Gasteiger partial charge in [-0.1, -0.05) is 18.2 Å². The second-order valence-corrected chi connectivity index (χ2v) is 4.17. The lowest BCUT2D eigenvalue weighted by molar-refractivity contribution is 0.0946. The van der Waals surface area contributed by atoms with Crippen molar-refractivity contribution in [2.24, 2.45) is 0 Å². The maximum atomic E-state index is 11.9. The van der Waals surface area contributed by atoms with Crippen molar-refractivity contribution in [3.05, 3.63) is 36.0 Å². The number of fused-ring (bicyclic) bond motifs is 1. The number of hydrogen-bond donors (Lipinski definition) is 3. The van der Waals surface area contributed by atoms with Crippen LogP contribution in [0.1, 0.15) is 17.4 Å². The van der Waals surface area contributed by atoms with E-state index in [1.807, 2.05) is 44.3 Å². The third kappa shape index (κ3) is 2.65. The average Bonchev–Trinajstić information content (AvgIpc) is 2.79. The number of rotatable bonds is 4. The van der Waals surface area contributed by atoms with E-state index in [2.05, 4.69) is 15.6 Å². The number of benzene rings is 1. The molecule has 3 N–H and O–H groups in total. The SMILES string of the molecule is CNC(C)CNC(=O)c1cc2ccccc2[nH]1. The second kappa shape index (κ2) is 5.01. The normalized spacial score (nSPS) is 12.6. The summed E-state index contributed by atoms with van der Waals surface area (Å²) in [4.78, 5) is 15.0. The molecule has 0 fully saturated rings. The molecule has 1 heterocycles. The first-order valence-electron chi connectivity index (χ1n) is 5.74. The lowest BCUT2D eigenvalue weighted by Gasteiger charge is -2.10. The number of carbonyl (C=O) groups excluding carboxylic acids is 1. The van der Waals surface area contributed by atoms with Gasteiger partial charge >= 0.3 is 0 Å². The van der Waals surface area contributed by atoms with E-state index in [1.54, 1.807) is 0 Å². The second-order valence-electron chi connectivity index (χ2n) is 4.17. The van der Waals surface area contributed by atoms with Crippen LogP contribution in [0.3, 0.4) is 0 Å². The molecule has 1 aromatic carbocycles. The Hall–Kier alpha value is -1.81. The number of nitrogens with one attached hydrogen (secondary N) is 3. The first kappa shape index (κ1) is 11.7. The van der Waals surface area contributed by atoms with E-state index in [0.717, 1.165) is 10.9 Å². The summed E-state index contributed by atoms with van der Waals surface area (Å²) in [7, 11) is 1.87.